The number of carbonyl (C=O) groups excluding carboxylic acids is 1. The predicted molar refractivity (Wildman–Crippen MR) is 79.6 cm³/mol. The SMILES string of the molecule is Cc1ccc(C(=O)N(C)Cc2csc(Br)c2)c(=O)[nH]1. The van der Waals surface area contributed by atoms with E-state index in [1.165, 1.54) is 4.90 Å². The Balaban J connectivity index is 2.17. The first-order valence-electron chi connectivity index (χ1n) is 5.65. The van der Waals surface area contributed by atoms with Gasteiger partial charge in [0.25, 0.3) is 11.5 Å². The van der Waals surface area contributed by atoms with Gasteiger partial charge in [-0.15, -0.1) is 11.3 Å². The number of pyridine rings is 1. The van der Waals surface area contributed by atoms with Crippen molar-refractivity contribution in [3.8, 4) is 0 Å². The van der Waals surface area contributed by atoms with Gasteiger partial charge in [0.2, 0.25) is 0 Å². The number of aromatic amines is 1. The van der Waals surface area contributed by atoms with Crippen molar-refractivity contribution in [3.05, 3.63) is 54.5 Å². The Bertz CT molecular complexity index is 663. The van der Waals surface area contributed by atoms with Crippen LogP contribution in [0.25, 0.3) is 0 Å². The molecule has 4 nitrogen and oxygen atoms in total. The summed E-state index contributed by atoms with van der Waals surface area (Å²) in [6, 6.07) is 5.26. The number of hydrogen-bond acceptors (Lipinski definition) is 3. The molecule has 1 amide bonds. The number of H-pyrrole nitrogens is 1. The second kappa shape index (κ2) is 5.71. The molecular formula is C13H13BrN2O2S. The molecule has 0 unspecified atom stereocenters. The van der Waals surface area contributed by atoms with E-state index in [2.05, 4.69) is 20.9 Å². The Morgan fingerprint density at radius 3 is 2.79 bits per heavy atom. The van der Waals surface area contributed by atoms with E-state index in [0.29, 0.717) is 6.54 Å². The van der Waals surface area contributed by atoms with E-state index in [-0.39, 0.29) is 17.0 Å². The molecule has 0 aromatic carbocycles. The molecule has 0 aliphatic heterocycles. The van der Waals surface area contributed by atoms with Crippen molar-refractivity contribution in [2.45, 2.75) is 13.5 Å². The number of nitrogens with one attached hydrogen (secondary N) is 1. The first kappa shape index (κ1) is 14.0. The van der Waals surface area contributed by atoms with Gasteiger partial charge in [-0.25, -0.2) is 0 Å². The number of halogens is 1. The van der Waals surface area contributed by atoms with Crippen molar-refractivity contribution in [1.29, 1.82) is 0 Å². The summed E-state index contributed by atoms with van der Waals surface area (Å²) in [7, 11) is 1.69. The summed E-state index contributed by atoms with van der Waals surface area (Å²) in [4.78, 5) is 28.1. The molecule has 0 radical (unpaired) electrons. The molecule has 2 aromatic rings. The van der Waals surface area contributed by atoms with Crippen LogP contribution in [0.4, 0.5) is 0 Å². The molecule has 6 heteroatoms. The van der Waals surface area contributed by atoms with Gasteiger partial charge in [-0.3, -0.25) is 9.59 Å². The fourth-order valence-corrected chi connectivity index (χ4v) is 2.92. The second-order valence-electron chi connectivity index (χ2n) is 4.30. The largest absolute Gasteiger partial charge is 0.337 e. The Morgan fingerprint density at radius 2 is 2.21 bits per heavy atom. The summed E-state index contributed by atoms with van der Waals surface area (Å²) in [5, 5.41) is 1.98. The average molecular weight is 341 g/mol. The van der Waals surface area contributed by atoms with Crippen molar-refractivity contribution in [2.75, 3.05) is 7.05 Å². The zero-order valence-electron chi connectivity index (χ0n) is 10.6. The molecule has 0 fully saturated rings. The van der Waals surface area contributed by atoms with E-state index in [1.54, 1.807) is 37.4 Å². The lowest BCUT2D eigenvalue weighted by Gasteiger charge is -2.16. The zero-order valence-corrected chi connectivity index (χ0v) is 13.0. The highest BCUT2D eigenvalue weighted by atomic mass is 79.9. The van der Waals surface area contributed by atoms with Crippen LogP contribution in [0, 0.1) is 6.92 Å². The van der Waals surface area contributed by atoms with Crippen molar-refractivity contribution in [1.82, 2.24) is 9.88 Å². The van der Waals surface area contributed by atoms with Crippen LogP contribution in [0.3, 0.4) is 0 Å². The first-order chi connectivity index (χ1) is 8.97. The number of aromatic nitrogens is 1. The van der Waals surface area contributed by atoms with Gasteiger partial charge < -0.3 is 9.88 Å². The molecule has 0 aliphatic rings. The van der Waals surface area contributed by atoms with E-state index in [4.69, 9.17) is 0 Å². The van der Waals surface area contributed by atoms with Gasteiger partial charge in [-0.05, 0) is 52.0 Å². The topological polar surface area (TPSA) is 53.2 Å². The quantitative estimate of drug-likeness (QED) is 0.933. The third-order valence-electron chi connectivity index (χ3n) is 2.67. The summed E-state index contributed by atoms with van der Waals surface area (Å²) in [5.74, 6) is -0.274. The molecule has 0 saturated carbocycles. The maximum Gasteiger partial charge on any atom is 0.260 e. The van der Waals surface area contributed by atoms with Crippen LogP contribution in [0.1, 0.15) is 21.6 Å². The standard InChI is InChI=1S/C13H13BrN2O2S/c1-8-3-4-10(12(17)15-8)13(18)16(2)6-9-5-11(14)19-7-9/h3-5,7H,6H2,1-2H3,(H,15,17). The number of rotatable bonds is 3. The number of thiophene rings is 1. The van der Waals surface area contributed by atoms with Crippen LogP contribution in [0.15, 0.2) is 32.2 Å². The molecule has 0 atom stereocenters. The van der Waals surface area contributed by atoms with Gasteiger partial charge in [0.05, 0.1) is 3.79 Å². The van der Waals surface area contributed by atoms with E-state index >= 15 is 0 Å². The third-order valence-corrected chi connectivity index (χ3v) is 4.23. The zero-order chi connectivity index (χ0) is 14.0. The highest BCUT2D eigenvalue weighted by Crippen LogP contribution is 2.21. The minimum Gasteiger partial charge on any atom is -0.337 e. The van der Waals surface area contributed by atoms with Crippen LogP contribution >= 0.6 is 27.3 Å². The van der Waals surface area contributed by atoms with E-state index in [9.17, 15) is 9.59 Å². The summed E-state index contributed by atoms with van der Waals surface area (Å²) < 4.78 is 1.02. The van der Waals surface area contributed by atoms with Gasteiger partial charge in [0, 0.05) is 19.3 Å². The third kappa shape index (κ3) is 3.33. The smallest absolute Gasteiger partial charge is 0.260 e. The number of amides is 1. The maximum absolute atomic E-state index is 12.2. The Labute approximate surface area is 123 Å². The molecular weight excluding hydrogens is 328 g/mol. The van der Waals surface area contributed by atoms with Crippen LogP contribution in [0.5, 0.6) is 0 Å². The predicted octanol–water partition coefficient (Wildman–Crippen LogP) is 2.78. The van der Waals surface area contributed by atoms with Crippen molar-refractivity contribution >= 4 is 33.2 Å². The van der Waals surface area contributed by atoms with Crippen LogP contribution in [0.2, 0.25) is 0 Å². The number of carbonyl (C=O) groups is 1. The lowest BCUT2D eigenvalue weighted by atomic mass is 10.2. The normalized spacial score (nSPS) is 10.5. The Morgan fingerprint density at radius 1 is 1.47 bits per heavy atom. The first-order valence-corrected chi connectivity index (χ1v) is 7.33. The molecule has 0 aliphatic carbocycles. The van der Waals surface area contributed by atoms with Gasteiger partial charge in [-0.2, -0.15) is 0 Å². The van der Waals surface area contributed by atoms with Gasteiger partial charge in [0.1, 0.15) is 5.56 Å². The molecule has 0 bridgehead atoms. The van der Waals surface area contributed by atoms with E-state index in [1.807, 2.05) is 11.4 Å². The van der Waals surface area contributed by atoms with E-state index < -0.39 is 0 Å². The molecule has 2 heterocycles. The second-order valence-corrected chi connectivity index (χ2v) is 6.59. The van der Waals surface area contributed by atoms with Gasteiger partial charge in [-0.1, -0.05) is 0 Å². The van der Waals surface area contributed by atoms with Crippen molar-refractivity contribution in [3.63, 3.8) is 0 Å². The molecule has 1 N–H and O–H groups in total. The number of aryl methyl sites for hydroxylation is 1. The summed E-state index contributed by atoms with van der Waals surface area (Å²) in [6.45, 7) is 2.26. The van der Waals surface area contributed by atoms with Crippen LogP contribution in [-0.4, -0.2) is 22.8 Å². The maximum atomic E-state index is 12.2. The van der Waals surface area contributed by atoms with Gasteiger partial charge in [0.15, 0.2) is 0 Å². The molecule has 2 rings (SSSR count). The summed E-state index contributed by atoms with van der Waals surface area (Å²) >= 11 is 4.95. The molecule has 2 aromatic heterocycles. The monoisotopic (exact) mass is 340 g/mol. The number of hydrogen-bond donors (Lipinski definition) is 1. The molecule has 19 heavy (non-hydrogen) atoms. The lowest BCUT2D eigenvalue weighted by molar-refractivity contribution is 0.0783. The van der Waals surface area contributed by atoms with E-state index in [0.717, 1.165) is 15.0 Å². The average Bonchev–Trinajstić information content (AvgIpc) is 2.74. The van der Waals surface area contributed by atoms with Gasteiger partial charge >= 0.3 is 0 Å². The Hall–Kier alpha value is -1.40. The summed E-state index contributed by atoms with van der Waals surface area (Å²) in [5.41, 5.74) is 1.60. The van der Waals surface area contributed by atoms with Crippen LogP contribution < -0.4 is 5.56 Å². The highest BCUT2D eigenvalue weighted by molar-refractivity contribution is 9.11. The Kier molecular flexibility index (Phi) is 4.21. The lowest BCUT2D eigenvalue weighted by Crippen LogP contribution is -2.31. The van der Waals surface area contributed by atoms with Crippen molar-refractivity contribution < 1.29 is 4.79 Å². The fraction of sp³-hybridized carbons (Fsp3) is 0.231. The molecule has 0 spiro atoms. The van der Waals surface area contributed by atoms with Crippen LogP contribution in [-0.2, 0) is 6.54 Å². The number of nitrogens with zero attached hydrogens (tertiary/aromatic N) is 1. The molecule has 0 saturated heterocycles. The minimum absolute atomic E-state index is 0.169. The molecule has 100 valence electrons. The minimum atomic E-state index is -0.344. The fourth-order valence-electron chi connectivity index (χ4n) is 1.72. The van der Waals surface area contributed by atoms with Crippen molar-refractivity contribution in [2.24, 2.45) is 0 Å². The summed E-state index contributed by atoms with van der Waals surface area (Å²) in [6.07, 6.45) is 0. The highest BCUT2D eigenvalue weighted by Gasteiger charge is 2.15.